The molecular weight excluding hydrogens is 222 g/mol. The van der Waals surface area contributed by atoms with Gasteiger partial charge in [-0.15, -0.1) is 0 Å². The van der Waals surface area contributed by atoms with Gasteiger partial charge in [0.1, 0.15) is 0 Å². The van der Waals surface area contributed by atoms with Crippen LogP contribution in [0.5, 0.6) is 0 Å². The van der Waals surface area contributed by atoms with Crippen LogP contribution in [0.4, 0.5) is 0 Å². The maximum atomic E-state index is 10.9. The zero-order chi connectivity index (χ0) is 12.0. The molecule has 0 bridgehead atoms. The summed E-state index contributed by atoms with van der Waals surface area (Å²) in [5.41, 5.74) is 0. The molecule has 0 aromatic heterocycles. The van der Waals surface area contributed by atoms with Crippen LogP contribution in [0.1, 0.15) is 33.1 Å². The fraction of sp³-hybridized carbons (Fsp3) is 1.00. The van der Waals surface area contributed by atoms with E-state index in [0.29, 0.717) is 18.1 Å². The van der Waals surface area contributed by atoms with Crippen molar-refractivity contribution in [3.05, 3.63) is 0 Å². The average Bonchev–Trinajstić information content (AvgIpc) is 2.24. The third-order valence-corrected chi connectivity index (χ3v) is 3.96. The van der Waals surface area contributed by atoms with E-state index in [1.807, 2.05) is 0 Å². The van der Waals surface area contributed by atoms with E-state index in [2.05, 4.69) is 19.2 Å². The second-order valence-corrected chi connectivity index (χ2v) is 6.51. The monoisotopic (exact) mass is 247 g/mol. The first-order chi connectivity index (χ1) is 7.59. The fourth-order valence-corrected chi connectivity index (χ4v) is 2.61. The molecule has 4 heteroatoms. The van der Waals surface area contributed by atoms with Crippen molar-refractivity contribution in [3.8, 4) is 0 Å². The molecule has 1 aliphatic heterocycles. The molecule has 0 radical (unpaired) electrons. The Morgan fingerprint density at radius 3 is 2.88 bits per heavy atom. The highest BCUT2D eigenvalue weighted by atomic mass is 32.2. The van der Waals surface area contributed by atoms with E-state index in [4.69, 9.17) is 4.74 Å². The van der Waals surface area contributed by atoms with Gasteiger partial charge >= 0.3 is 0 Å². The molecule has 0 amide bonds. The Morgan fingerprint density at radius 2 is 2.25 bits per heavy atom. The van der Waals surface area contributed by atoms with Crippen molar-refractivity contribution >= 4 is 10.8 Å². The van der Waals surface area contributed by atoms with Gasteiger partial charge in [-0.25, -0.2) is 0 Å². The van der Waals surface area contributed by atoms with Crippen molar-refractivity contribution in [2.75, 3.05) is 25.2 Å². The number of ether oxygens (including phenoxy) is 1. The molecule has 1 fully saturated rings. The maximum absolute atomic E-state index is 10.9. The normalized spacial score (nSPS) is 28.2. The van der Waals surface area contributed by atoms with Crippen molar-refractivity contribution in [2.45, 2.75) is 45.3 Å². The third kappa shape index (κ3) is 5.41. The Hall–Kier alpha value is 0.0700. The van der Waals surface area contributed by atoms with Crippen LogP contribution in [-0.2, 0) is 15.5 Å². The Morgan fingerprint density at radius 1 is 1.50 bits per heavy atom. The van der Waals surface area contributed by atoms with Crippen LogP contribution >= 0.6 is 0 Å². The van der Waals surface area contributed by atoms with Crippen LogP contribution in [0.2, 0.25) is 0 Å². The van der Waals surface area contributed by atoms with Crippen molar-refractivity contribution in [2.24, 2.45) is 5.92 Å². The highest BCUT2D eigenvalue weighted by Crippen LogP contribution is 2.19. The summed E-state index contributed by atoms with van der Waals surface area (Å²) in [4.78, 5) is 0. The summed E-state index contributed by atoms with van der Waals surface area (Å²) in [7, 11) is -0.651. The molecule has 1 heterocycles. The Kier molecular flexibility index (Phi) is 6.54. The molecule has 0 saturated carbocycles. The first-order valence-electron chi connectivity index (χ1n) is 6.24. The van der Waals surface area contributed by atoms with Gasteiger partial charge in [0.05, 0.1) is 6.10 Å². The van der Waals surface area contributed by atoms with Gasteiger partial charge in [-0.1, -0.05) is 13.8 Å². The van der Waals surface area contributed by atoms with Crippen molar-refractivity contribution in [1.82, 2.24) is 5.32 Å². The van der Waals surface area contributed by atoms with Crippen LogP contribution in [-0.4, -0.2) is 41.5 Å². The molecule has 1 rings (SSSR count). The Bertz CT molecular complexity index is 221. The molecule has 1 aliphatic rings. The summed E-state index contributed by atoms with van der Waals surface area (Å²) >= 11 is 0. The molecule has 0 spiro atoms. The van der Waals surface area contributed by atoms with Crippen molar-refractivity contribution in [3.63, 3.8) is 0 Å². The third-order valence-electron chi connectivity index (χ3n) is 3.10. The summed E-state index contributed by atoms with van der Waals surface area (Å²) < 4.78 is 16.6. The van der Waals surface area contributed by atoms with Gasteiger partial charge in [0, 0.05) is 35.5 Å². The molecule has 96 valence electrons. The summed E-state index contributed by atoms with van der Waals surface area (Å²) in [6, 6.07) is 0.589. The fourth-order valence-electron chi connectivity index (χ4n) is 2.06. The van der Waals surface area contributed by atoms with Gasteiger partial charge in [-0.3, -0.25) is 4.21 Å². The zero-order valence-corrected chi connectivity index (χ0v) is 11.5. The first kappa shape index (κ1) is 14.1. The number of nitrogens with one attached hydrogen (secondary N) is 1. The molecule has 0 aromatic rings. The van der Waals surface area contributed by atoms with E-state index in [0.717, 1.165) is 38.2 Å². The van der Waals surface area contributed by atoms with E-state index in [1.54, 1.807) is 6.26 Å². The molecule has 1 N–H and O–H groups in total. The topological polar surface area (TPSA) is 38.3 Å². The van der Waals surface area contributed by atoms with Gasteiger partial charge in [0.2, 0.25) is 0 Å². The highest BCUT2D eigenvalue weighted by Gasteiger charge is 2.24. The van der Waals surface area contributed by atoms with E-state index in [1.165, 1.54) is 0 Å². The van der Waals surface area contributed by atoms with E-state index in [-0.39, 0.29) is 0 Å². The molecule has 3 nitrogen and oxygen atoms in total. The van der Waals surface area contributed by atoms with E-state index < -0.39 is 10.8 Å². The molecule has 3 unspecified atom stereocenters. The molecule has 0 aliphatic carbocycles. The van der Waals surface area contributed by atoms with E-state index >= 15 is 0 Å². The predicted octanol–water partition coefficient (Wildman–Crippen LogP) is 1.55. The lowest BCUT2D eigenvalue weighted by atomic mass is 9.95. The lowest BCUT2D eigenvalue weighted by Gasteiger charge is -2.32. The van der Waals surface area contributed by atoms with Gasteiger partial charge in [-0.2, -0.15) is 0 Å². The summed E-state index contributed by atoms with van der Waals surface area (Å²) in [5, 5.41) is 3.55. The van der Waals surface area contributed by atoms with Crippen LogP contribution in [0, 0.1) is 5.92 Å². The van der Waals surface area contributed by atoms with Gasteiger partial charge in [0.25, 0.3) is 0 Å². The minimum absolute atomic E-state index is 0.409. The molecule has 1 saturated heterocycles. The lowest BCUT2D eigenvalue weighted by Crippen LogP contribution is -2.41. The Balaban J connectivity index is 2.14. The second kappa shape index (κ2) is 7.41. The number of hydrogen-bond acceptors (Lipinski definition) is 3. The Labute approximate surface area is 102 Å². The maximum Gasteiger partial charge on any atom is 0.0612 e. The van der Waals surface area contributed by atoms with Crippen LogP contribution < -0.4 is 5.32 Å². The highest BCUT2D eigenvalue weighted by molar-refractivity contribution is 7.84. The number of rotatable bonds is 6. The SMILES string of the molecule is CC(C)C1CC(NCCCS(C)=O)CCO1. The minimum atomic E-state index is -0.651. The van der Waals surface area contributed by atoms with Crippen LogP contribution in [0.15, 0.2) is 0 Å². The minimum Gasteiger partial charge on any atom is -0.378 e. The summed E-state index contributed by atoms with van der Waals surface area (Å²) in [6.07, 6.45) is 5.41. The van der Waals surface area contributed by atoms with Gasteiger partial charge < -0.3 is 10.1 Å². The first-order valence-corrected chi connectivity index (χ1v) is 7.97. The smallest absolute Gasteiger partial charge is 0.0612 e. The van der Waals surface area contributed by atoms with Crippen molar-refractivity contribution in [1.29, 1.82) is 0 Å². The van der Waals surface area contributed by atoms with Crippen LogP contribution in [0.25, 0.3) is 0 Å². The standard InChI is InChI=1S/C12H25NO2S/c1-10(2)12-9-11(5-7-15-12)13-6-4-8-16(3)14/h10-13H,4-9H2,1-3H3. The number of hydrogen-bond donors (Lipinski definition) is 1. The molecule has 16 heavy (non-hydrogen) atoms. The quantitative estimate of drug-likeness (QED) is 0.724. The largest absolute Gasteiger partial charge is 0.378 e. The van der Waals surface area contributed by atoms with E-state index in [9.17, 15) is 4.21 Å². The summed E-state index contributed by atoms with van der Waals surface area (Å²) in [5.74, 6) is 1.41. The summed E-state index contributed by atoms with van der Waals surface area (Å²) in [6.45, 7) is 6.29. The average molecular weight is 247 g/mol. The molecule has 3 atom stereocenters. The lowest BCUT2D eigenvalue weighted by molar-refractivity contribution is -0.0242. The van der Waals surface area contributed by atoms with Crippen LogP contribution in [0.3, 0.4) is 0 Å². The molecular formula is C12H25NO2S. The molecule has 0 aromatic carbocycles. The van der Waals surface area contributed by atoms with Crippen molar-refractivity contribution < 1.29 is 8.95 Å². The van der Waals surface area contributed by atoms with Gasteiger partial charge in [-0.05, 0) is 31.7 Å². The van der Waals surface area contributed by atoms with Gasteiger partial charge in [0.15, 0.2) is 0 Å². The predicted molar refractivity (Wildman–Crippen MR) is 69.2 cm³/mol. The second-order valence-electron chi connectivity index (χ2n) is 4.96. The zero-order valence-electron chi connectivity index (χ0n) is 10.7.